The molecule has 8 heteroatoms. The summed E-state index contributed by atoms with van der Waals surface area (Å²) < 4.78 is 16.6. The van der Waals surface area contributed by atoms with E-state index in [9.17, 15) is 9.50 Å². The quantitative estimate of drug-likeness (QED) is 0.708. The number of piperidine rings is 1. The number of nitrogens with zero attached hydrogens (tertiary/aromatic N) is 5. The van der Waals surface area contributed by atoms with Gasteiger partial charge in [-0.2, -0.15) is 0 Å². The highest BCUT2D eigenvalue weighted by molar-refractivity contribution is 5.68. The molecule has 2 aromatic heterocycles. The second-order valence-corrected chi connectivity index (χ2v) is 7.84. The number of imidazole rings is 1. The Hall–Kier alpha value is -3.00. The third kappa shape index (κ3) is 3.23. The van der Waals surface area contributed by atoms with Crippen LogP contribution >= 0.6 is 0 Å². The maximum absolute atomic E-state index is 14.8. The van der Waals surface area contributed by atoms with Crippen LogP contribution in [0.2, 0.25) is 0 Å². The van der Waals surface area contributed by atoms with Crippen molar-refractivity contribution in [3.8, 4) is 22.7 Å². The summed E-state index contributed by atoms with van der Waals surface area (Å²) in [5.74, 6) is 0.752. The molecule has 7 nitrogen and oxygen atoms in total. The van der Waals surface area contributed by atoms with Crippen LogP contribution in [0.1, 0.15) is 19.3 Å². The van der Waals surface area contributed by atoms with Crippen LogP contribution in [0.3, 0.4) is 0 Å². The van der Waals surface area contributed by atoms with Crippen LogP contribution < -0.4 is 10.2 Å². The summed E-state index contributed by atoms with van der Waals surface area (Å²) in [6.07, 6.45) is 10.2. The second-order valence-electron chi connectivity index (χ2n) is 7.84. The average Bonchev–Trinajstić information content (AvgIpc) is 3.41. The Labute approximate surface area is 168 Å². The zero-order valence-electron chi connectivity index (χ0n) is 16.1. The van der Waals surface area contributed by atoms with Gasteiger partial charge in [0.2, 0.25) is 0 Å². The lowest BCUT2D eigenvalue weighted by atomic mass is 9.96. The van der Waals surface area contributed by atoms with Crippen molar-refractivity contribution in [2.24, 2.45) is 0 Å². The molecule has 0 aliphatic carbocycles. The van der Waals surface area contributed by atoms with Crippen LogP contribution in [-0.4, -0.2) is 56.0 Å². The number of hydrogen-bond donors (Lipinski definition) is 2. The Kier molecular flexibility index (Phi) is 4.43. The molecule has 150 valence electrons. The lowest BCUT2D eigenvalue weighted by Crippen LogP contribution is -2.55. The minimum absolute atomic E-state index is 0.0561. The molecule has 2 saturated heterocycles. The number of aromatic nitrogens is 4. The number of rotatable bonds is 4. The highest BCUT2D eigenvalue weighted by Crippen LogP contribution is 2.34. The summed E-state index contributed by atoms with van der Waals surface area (Å²) in [5, 5.41) is 13.8. The molecule has 0 amide bonds. The van der Waals surface area contributed by atoms with Crippen molar-refractivity contribution in [3.63, 3.8) is 0 Å². The zero-order chi connectivity index (χ0) is 20.0. The molecule has 5 rings (SSSR count). The van der Waals surface area contributed by atoms with Crippen LogP contribution in [0.25, 0.3) is 16.9 Å². The van der Waals surface area contributed by atoms with Gasteiger partial charge in [-0.25, -0.2) is 14.4 Å². The third-order valence-corrected chi connectivity index (χ3v) is 6.11. The van der Waals surface area contributed by atoms with Crippen molar-refractivity contribution in [2.45, 2.75) is 43.6 Å². The van der Waals surface area contributed by atoms with E-state index < -0.39 is 6.17 Å². The molecular formula is C21H23FN6O. The topological polar surface area (TPSA) is 79.1 Å². The molecule has 2 aliphatic heterocycles. The number of phenols is 1. The normalized spacial score (nSPS) is 25.9. The van der Waals surface area contributed by atoms with Crippen LogP contribution in [-0.2, 0) is 0 Å². The third-order valence-electron chi connectivity index (χ3n) is 6.11. The van der Waals surface area contributed by atoms with E-state index in [0.29, 0.717) is 23.1 Å². The number of hydrogen-bond acceptors (Lipinski definition) is 6. The largest absolute Gasteiger partial charge is 0.507 e. The zero-order valence-corrected chi connectivity index (χ0v) is 16.1. The Morgan fingerprint density at radius 3 is 2.86 bits per heavy atom. The van der Waals surface area contributed by atoms with Gasteiger partial charge in [-0.1, -0.05) is 0 Å². The predicted molar refractivity (Wildman–Crippen MR) is 108 cm³/mol. The fraction of sp³-hybridized carbons (Fsp3) is 0.381. The molecule has 29 heavy (non-hydrogen) atoms. The van der Waals surface area contributed by atoms with Gasteiger partial charge >= 0.3 is 0 Å². The van der Waals surface area contributed by atoms with Crippen molar-refractivity contribution in [1.29, 1.82) is 0 Å². The molecule has 2 fully saturated rings. The number of benzene rings is 1. The predicted octanol–water partition coefficient (Wildman–Crippen LogP) is 2.70. The maximum atomic E-state index is 14.8. The highest BCUT2D eigenvalue weighted by atomic mass is 19.1. The first-order valence-electron chi connectivity index (χ1n) is 9.87. The fourth-order valence-electron chi connectivity index (χ4n) is 4.47. The lowest BCUT2D eigenvalue weighted by Gasteiger charge is -2.38. The molecule has 4 atom stereocenters. The smallest absolute Gasteiger partial charge is 0.147 e. The van der Waals surface area contributed by atoms with Crippen molar-refractivity contribution in [2.75, 3.05) is 11.9 Å². The van der Waals surface area contributed by atoms with E-state index >= 15 is 0 Å². The molecule has 0 spiro atoms. The van der Waals surface area contributed by atoms with Gasteiger partial charge in [0.25, 0.3) is 0 Å². The van der Waals surface area contributed by atoms with Crippen LogP contribution in [0.4, 0.5) is 10.2 Å². The monoisotopic (exact) mass is 394 g/mol. The van der Waals surface area contributed by atoms with E-state index in [2.05, 4.69) is 20.3 Å². The van der Waals surface area contributed by atoms with E-state index in [1.165, 1.54) is 0 Å². The number of halogens is 1. The van der Waals surface area contributed by atoms with Gasteiger partial charge in [0.15, 0.2) is 0 Å². The molecule has 3 aromatic rings. The molecule has 0 radical (unpaired) electrons. The molecule has 2 unspecified atom stereocenters. The van der Waals surface area contributed by atoms with Crippen LogP contribution in [0, 0.1) is 0 Å². The Balaban J connectivity index is 1.36. The summed E-state index contributed by atoms with van der Waals surface area (Å²) >= 11 is 0. The van der Waals surface area contributed by atoms with Crippen molar-refractivity contribution in [1.82, 2.24) is 24.8 Å². The Morgan fingerprint density at radius 2 is 2.14 bits per heavy atom. The summed E-state index contributed by atoms with van der Waals surface area (Å²) in [6.45, 7) is 0. The standard InChI is InChI=1S/C21H23FN6O/c1-27(18-8-13-2-5-16(26-13)21(18)22)20-11-24-17(10-25-20)15-4-3-14(9-19(15)29)28-7-6-23-12-28/h3-4,6-7,9-13,16,18,21,26,29H,2,5,8H2,1H3/t13?,16?,18-,21+/m0/s1. The maximum Gasteiger partial charge on any atom is 0.147 e. The molecule has 2 bridgehead atoms. The van der Waals surface area contributed by atoms with E-state index in [-0.39, 0.29) is 17.8 Å². The molecule has 4 heterocycles. The molecule has 2 N–H and O–H groups in total. The summed E-state index contributed by atoms with van der Waals surface area (Å²) in [6, 6.07) is 5.49. The number of anilines is 1. The van der Waals surface area contributed by atoms with Gasteiger partial charge in [-0.15, -0.1) is 0 Å². The number of nitrogens with one attached hydrogen (secondary N) is 1. The molecule has 1 aromatic carbocycles. The van der Waals surface area contributed by atoms with Gasteiger partial charge in [-0.3, -0.25) is 4.98 Å². The fourth-order valence-corrected chi connectivity index (χ4v) is 4.47. The lowest BCUT2D eigenvalue weighted by molar-refractivity contribution is 0.176. The number of alkyl halides is 1. The SMILES string of the molecule is CN(c1cnc(-c2ccc(-n3ccnc3)cc2O)cn1)[C@H]1CC2CCC(N2)[C@H]1F. The van der Waals surface area contributed by atoms with E-state index in [4.69, 9.17) is 0 Å². The number of aromatic hydroxyl groups is 1. The summed E-state index contributed by atoms with van der Waals surface area (Å²) in [7, 11) is 1.88. The Bertz CT molecular complexity index is 993. The summed E-state index contributed by atoms with van der Waals surface area (Å²) in [5.41, 5.74) is 1.97. The van der Waals surface area contributed by atoms with Gasteiger partial charge in [-0.05, 0) is 31.4 Å². The van der Waals surface area contributed by atoms with Gasteiger partial charge < -0.3 is 19.9 Å². The van der Waals surface area contributed by atoms with Gasteiger partial charge in [0, 0.05) is 43.2 Å². The van der Waals surface area contributed by atoms with E-state index in [0.717, 1.165) is 24.9 Å². The van der Waals surface area contributed by atoms with Crippen molar-refractivity contribution < 1.29 is 9.50 Å². The highest BCUT2D eigenvalue weighted by Gasteiger charge is 2.43. The van der Waals surface area contributed by atoms with Gasteiger partial charge in [0.1, 0.15) is 17.7 Å². The second kappa shape index (κ2) is 7.11. The van der Waals surface area contributed by atoms with Gasteiger partial charge in [0.05, 0.1) is 36.1 Å². The minimum Gasteiger partial charge on any atom is -0.507 e. The number of phenolic OH excluding ortho intramolecular Hbond substituents is 1. The van der Waals surface area contributed by atoms with Crippen LogP contribution in [0.5, 0.6) is 5.75 Å². The first-order valence-corrected chi connectivity index (χ1v) is 9.87. The molecule has 0 saturated carbocycles. The minimum atomic E-state index is -0.917. The van der Waals surface area contributed by atoms with Crippen molar-refractivity contribution >= 4 is 5.82 Å². The Morgan fingerprint density at radius 1 is 1.24 bits per heavy atom. The first-order chi connectivity index (χ1) is 14.1. The first kappa shape index (κ1) is 18.1. The van der Waals surface area contributed by atoms with Crippen molar-refractivity contribution in [3.05, 3.63) is 49.3 Å². The van der Waals surface area contributed by atoms with E-state index in [1.807, 2.05) is 28.8 Å². The average molecular weight is 394 g/mol. The van der Waals surface area contributed by atoms with E-state index in [1.54, 1.807) is 37.1 Å². The number of fused-ring (bicyclic) bond motifs is 2. The summed E-state index contributed by atoms with van der Waals surface area (Å²) in [4.78, 5) is 14.9. The molecular weight excluding hydrogens is 371 g/mol. The molecule has 2 aliphatic rings. The van der Waals surface area contributed by atoms with Crippen LogP contribution in [0.15, 0.2) is 49.3 Å².